The van der Waals surface area contributed by atoms with Crippen molar-refractivity contribution in [3.05, 3.63) is 77.7 Å². The van der Waals surface area contributed by atoms with Crippen LogP contribution in [0.15, 0.2) is 65.2 Å². The summed E-state index contributed by atoms with van der Waals surface area (Å²) in [6.07, 6.45) is 2.47. The van der Waals surface area contributed by atoms with Crippen molar-refractivity contribution in [3.63, 3.8) is 0 Å². The number of furan rings is 1. The van der Waals surface area contributed by atoms with Crippen LogP contribution in [0.25, 0.3) is 44.0 Å². The molecule has 0 radical (unpaired) electrons. The minimum Gasteiger partial charge on any atom is -0.455 e. The lowest BCUT2D eigenvalue weighted by atomic mass is 9.94. The van der Waals surface area contributed by atoms with Crippen molar-refractivity contribution >= 4 is 32.7 Å². The number of benzene rings is 3. The van der Waals surface area contributed by atoms with Crippen LogP contribution in [0.3, 0.4) is 0 Å². The van der Waals surface area contributed by atoms with E-state index in [1.807, 2.05) is 30.3 Å². The van der Waals surface area contributed by atoms with Crippen molar-refractivity contribution in [1.82, 2.24) is 4.98 Å². The topological polar surface area (TPSA) is 26.0 Å². The van der Waals surface area contributed by atoms with Gasteiger partial charge in [-0.05, 0) is 72.2 Å². The largest absolute Gasteiger partial charge is 0.455 e. The fourth-order valence-electron chi connectivity index (χ4n) is 4.27. The minimum absolute atomic E-state index is 0.151. The number of rotatable bonds is 3. The zero-order valence-corrected chi connectivity index (χ0v) is 16.8. The predicted molar refractivity (Wildman–Crippen MR) is 118 cm³/mol. The second-order valence-electron chi connectivity index (χ2n) is 8.17. The zero-order chi connectivity index (χ0) is 20.1. The average molecular weight is 383 g/mol. The van der Waals surface area contributed by atoms with Gasteiger partial charge in [0.15, 0.2) is 0 Å². The van der Waals surface area contributed by atoms with Gasteiger partial charge in [-0.2, -0.15) is 0 Å². The Labute approximate surface area is 169 Å². The standard InChI is InChI=1S/C26H22FNO/c1-15(2)12-20-17-10-11-28-25(19(17)8-9-23(20)27)22-14-16(3)13-21-18-6-4-5-7-24(18)29-26(21)22/h4-11,13-15H,12H2,1-3H3. The molecule has 2 heterocycles. The average Bonchev–Trinajstić information content (AvgIpc) is 3.07. The molecule has 3 heteroatoms. The minimum atomic E-state index is -0.151. The number of aromatic nitrogens is 1. The third kappa shape index (κ3) is 2.89. The third-order valence-corrected chi connectivity index (χ3v) is 5.49. The van der Waals surface area contributed by atoms with Crippen molar-refractivity contribution in [2.24, 2.45) is 5.92 Å². The molecule has 5 rings (SSSR count). The Morgan fingerprint density at radius 3 is 2.59 bits per heavy atom. The molecule has 0 unspecified atom stereocenters. The highest BCUT2D eigenvalue weighted by Gasteiger charge is 2.18. The summed E-state index contributed by atoms with van der Waals surface area (Å²) in [7, 11) is 0. The molecule has 0 amide bonds. The van der Waals surface area contributed by atoms with E-state index in [2.05, 4.69) is 39.0 Å². The van der Waals surface area contributed by atoms with Gasteiger partial charge >= 0.3 is 0 Å². The zero-order valence-electron chi connectivity index (χ0n) is 16.8. The highest BCUT2D eigenvalue weighted by Crippen LogP contribution is 2.39. The summed E-state index contributed by atoms with van der Waals surface area (Å²) in [5, 5.41) is 4.06. The Morgan fingerprint density at radius 2 is 1.76 bits per heavy atom. The lowest BCUT2D eigenvalue weighted by Crippen LogP contribution is -2.00. The van der Waals surface area contributed by atoms with Crippen molar-refractivity contribution < 1.29 is 8.81 Å². The molecule has 0 fully saturated rings. The molecule has 144 valence electrons. The third-order valence-electron chi connectivity index (χ3n) is 5.49. The van der Waals surface area contributed by atoms with Crippen molar-refractivity contribution in [1.29, 1.82) is 0 Å². The molecular weight excluding hydrogens is 361 g/mol. The van der Waals surface area contributed by atoms with Gasteiger partial charge in [0, 0.05) is 27.9 Å². The Morgan fingerprint density at radius 1 is 0.931 bits per heavy atom. The first kappa shape index (κ1) is 17.9. The second kappa shape index (κ2) is 6.70. The SMILES string of the molecule is Cc1cc(-c2nccc3c(CC(C)C)c(F)ccc23)c2oc3ccccc3c2c1. The van der Waals surface area contributed by atoms with Crippen molar-refractivity contribution in [2.45, 2.75) is 27.2 Å². The summed E-state index contributed by atoms with van der Waals surface area (Å²) in [5.74, 6) is 0.217. The molecule has 0 aliphatic heterocycles. The second-order valence-corrected chi connectivity index (χ2v) is 8.17. The molecule has 2 nitrogen and oxygen atoms in total. The summed E-state index contributed by atoms with van der Waals surface area (Å²) in [5.41, 5.74) is 5.37. The molecule has 5 aromatic rings. The Kier molecular flexibility index (Phi) is 4.13. The first-order valence-electron chi connectivity index (χ1n) is 10.0. The molecule has 2 aromatic heterocycles. The number of hydrogen-bond acceptors (Lipinski definition) is 2. The monoisotopic (exact) mass is 383 g/mol. The van der Waals surface area contributed by atoms with Crippen molar-refractivity contribution in [2.75, 3.05) is 0 Å². The van der Waals surface area contributed by atoms with Gasteiger partial charge in [-0.15, -0.1) is 0 Å². The lowest BCUT2D eigenvalue weighted by Gasteiger charge is -2.13. The summed E-state index contributed by atoms with van der Waals surface area (Å²) in [4.78, 5) is 4.71. The number of nitrogens with zero attached hydrogens (tertiary/aromatic N) is 1. The van der Waals surface area contributed by atoms with E-state index in [1.165, 1.54) is 0 Å². The number of fused-ring (bicyclic) bond motifs is 4. The molecule has 0 saturated carbocycles. The molecule has 0 aliphatic rings. The summed E-state index contributed by atoms with van der Waals surface area (Å²) in [6.45, 7) is 6.30. The van der Waals surface area contributed by atoms with Crippen LogP contribution in [-0.2, 0) is 6.42 Å². The first-order valence-corrected chi connectivity index (χ1v) is 10.0. The number of halogens is 1. The van der Waals surface area contributed by atoms with E-state index >= 15 is 0 Å². The highest BCUT2D eigenvalue weighted by molar-refractivity contribution is 6.12. The maximum Gasteiger partial charge on any atom is 0.144 e. The Hall–Kier alpha value is -3.20. The molecule has 0 N–H and O–H groups in total. The van der Waals surface area contributed by atoms with Crippen LogP contribution in [0.5, 0.6) is 0 Å². The molecule has 0 saturated heterocycles. The van der Waals surface area contributed by atoms with Gasteiger partial charge in [-0.3, -0.25) is 4.98 Å². The quantitative estimate of drug-likeness (QED) is 0.323. The molecule has 29 heavy (non-hydrogen) atoms. The van der Waals surface area contributed by atoms with Crippen LogP contribution >= 0.6 is 0 Å². The van der Waals surface area contributed by atoms with Crippen LogP contribution in [0, 0.1) is 18.7 Å². The van der Waals surface area contributed by atoms with Gasteiger partial charge in [0.2, 0.25) is 0 Å². The maximum absolute atomic E-state index is 14.6. The number of pyridine rings is 1. The molecule has 0 atom stereocenters. The van der Waals surface area contributed by atoms with Gasteiger partial charge in [0.25, 0.3) is 0 Å². The molecule has 0 spiro atoms. The fraction of sp³-hybridized carbons (Fsp3) is 0.192. The van der Waals surface area contributed by atoms with Gasteiger partial charge in [-0.1, -0.05) is 32.0 Å². The van der Waals surface area contributed by atoms with E-state index in [-0.39, 0.29) is 5.82 Å². The van der Waals surface area contributed by atoms with Gasteiger partial charge in [0.1, 0.15) is 17.0 Å². The van der Waals surface area contributed by atoms with E-state index in [1.54, 1.807) is 12.3 Å². The van der Waals surface area contributed by atoms with E-state index in [0.29, 0.717) is 12.3 Å². The smallest absolute Gasteiger partial charge is 0.144 e. The Bertz CT molecular complexity index is 1380. The summed E-state index contributed by atoms with van der Waals surface area (Å²) < 4.78 is 20.9. The van der Waals surface area contributed by atoms with Crippen LogP contribution in [-0.4, -0.2) is 4.98 Å². The lowest BCUT2D eigenvalue weighted by molar-refractivity contribution is 0.578. The predicted octanol–water partition coefficient (Wildman–Crippen LogP) is 7.45. The molecule has 0 aliphatic carbocycles. The maximum atomic E-state index is 14.6. The fourth-order valence-corrected chi connectivity index (χ4v) is 4.27. The normalized spacial score (nSPS) is 11.9. The number of para-hydroxylation sites is 1. The number of aryl methyl sites for hydroxylation is 1. The van der Waals surface area contributed by atoms with Gasteiger partial charge < -0.3 is 4.42 Å². The molecule has 3 aromatic carbocycles. The van der Waals surface area contributed by atoms with E-state index in [9.17, 15) is 4.39 Å². The van der Waals surface area contributed by atoms with E-state index in [4.69, 9.17) is 9.40 Å². The van der Waals surface area contributed by atoms with Crippen molar-refractivity contribution in [3.8, 4) is 11.3 Å². The highest BCUT2D eigenvalue weighted by atomic mass is 19.1. The molecule has 0 bridgehead atoms. The van der Waals surface area contributed by atoms with Crippen LogP contribution < -0.4 is 0 Å². The summed E-state index contributed by atoms with van der Waals surface area (Å²) in [6, 6.07) is 17.7. The number of hydrogen-bond donors (Lipinski definition) is 0. The summed E-state index contributed by atoms with van der Waals surface area (Å²) >= 11 is 0. The van der Waals surface area contributed by atoms with Gasteiger partial charge in [0.05, 0.1) is 5.69 Å². The van der Waals surface area contributed by atoms with E-state index < -0.39 is 0 Å². The van der Waals surface area contributed by atoms with Crippen LogP contribution in [0.2, 0.25) is 0 Å². The first-order chi connectivity index (χ1) is 14.0. The van der Waals surface area contributed by atoms with Crippen LogP contribution in [0.1, 0.15) is 25.0 Å². The Balaban J connectivity index is 1.86. The van der Waals surface area contributed by atoms with E-state index in [0.717, 1.165) is 55.1 Å². The van der Waals surface area contributed by atoms with Gasteiger partial charge in [-0.25, -0.2) is 4.39 Å². The van der Waals surface area contributed by atoms with Crippen LogP contribution in [0.4, 0.5) is 4.39 Å². The molecular formula is C26H22FNO.